The lowest BCUT2D eigenvalue weighted by atomic mass is 9.98. The number of hydrogen-bond acceptors (Lipinski definition) is 3. The first-order valence-electron chi connectivity index (χ1n) is 7.82. The predicted molar refractivity (Wildman–Crippen MR) is 89.3 cm³/mol. The molecule has 0 radical (unpaired) electrons. The minimum atomic E-state index is -0.590. The second-order valence-corrected chi connectivity index (χ2v) is 5.91. The third-order valence-electron chi connectivity index (χ3n) is 3.68. The lowest BCUT2D eigenvalue weighted by Gasteiger charge is -2.28. The van der Waals surface area contributed by atoms with Gasteiger partial charge in [-0.15, -0.1) is 0 Å². The largest absolute Gasteiger partial charge is 0.394 e. The Hall–Kier alpha value is -2.34. The van der Waals surface area contributed by atoms with Crippen molar-refractivity contribution in [3.05, 3.63) is 48.3 Å². The number of carbonyl (C=O) groups is 1. The minimum absolute atomic E-state index is 0.0831. The van der Waals surface area contributed by atoms with Gasteiger partial charge < -0.3 is 15.7 Å². The van der Waals surface area contributed by atoms with Crippen LogP contribution in [0.4, 0.5) is 4.79 Å². The van der Waals surface area contributed by atoms with Crippen LogP contribution >= 0.6 is 0 Å². The van der Waals surface area contributed by atoms with E-state index in [1.807, 2.05) is 50.4 Å². The number of nitrogens with zero attached hydrogens (tertiary/aromatic N) is 2. The van der Waals surface area contributed by atoms with Gasteiger partial charge in [-0.25, -0.2) is 9.48 Å². The van der Waals surface area contributed by atoms with Gasteiger partial charge in [0, 0.05) is 18.3 Å². The summed E-state index contributed by atoms with van der Waals surface area (Å²) >= 11 is 0. The van der Waals surface area contributed by atoms with Crippen LogP contribution in [-0.2, 0) is 6.54 Å². The fraction of sp³-hybridized carbons (Fsp3) is 0.412. The summed E-state index contributed by atoms with van der Waals surface area (Å²) in [5.74, 6) is 0. The van der Waals surface area contributed by atoms with E-state index >= 15 is 0 Å². The monoisotopic (exact) mass is 316 g/mol. The summed E-state index contributed by atoms with van der Waals surface area (Å²) in [7, 11) is 0. The third-order valence-corrected chi connectivity index (χ3v) is 3.68. The molecule has 0 saturated heterocycles. The smallest absolute Gasteiger partial charge is 0.315 e. The van der Waals surface area contributed by atoms with E-state index in [4.69, 9.17) is 0 Å². The second-order valence-electron chi connectivity index (χ2n) is 5.91. The summed E-state index contributed by atoms with van der Waals surface area (Å²) in [6, 6.07) is 9.50. The SMILES string of the molecule is CCCC(C)(CO)NC(=O)NCc1cnn(-c2ccccc2)c1. The van der Waals surface area contributed by atoms with Crippen molar-refractivity contribution in [2.75, 3.05) is 6.61 Å². The van der Waals surface area contributed by atoms with E-state index in [1.54, 1.807) is 10.9 Å². The Kier molecular flexibility index (Phi) is 5.76. The van der Waals surface area contributed by atoms with Gasteiger partial charge in [0.1, 0.15) is 0 Å². The molecular formula is C17H24N4O2. The summed E-state index contributed by atoms with van der Waals surface area (Å²) in [5.41, 5.74) is 1.29. The van der Waals surface area contributed by atoms with Gasteiger partial charge >= 0.3 is 6.03 Å². The highest BCUT2D eigenvalue weighted by Crippen LogP contribution is 2.11. The number of aromatic nitrogens is 2. The van der Waals surface area contributed by atoms with Gasteiger partial charge in [0.05, 0.1) is 24.0 Å². The summed E-state index contributed by atoms with van der Waals surface area (Å²) in [6.45, 7) is 4.15. The zero-order valence-electron chi connectivity index (χ0n) is 13.6. The average molecular weight is 316 g/mol. The van der Waals surface area contributed by atoms with Gasteiger partial charge in [0.2, 0.25) is 0 Å². The highest BCUT2D eigenvalue weighted by molar-refractivity contribution is 5.74. The van der Waals surface area contributed by atoms with Crippen molar-refractivity contribution in [3.8, 4) is 5.69 Å². The average Bonchev–Trinajstić information content (AvgIpc) is 3.03. The molecule has 1 aromatic heterocycles. The van der Waals surface area contributed by atoms with Gasteiger partial charge in [-0.05, 0) is 25.5 Å². The molecule has 0 aliphatic carbocycles. The van der Waals surface area contributed by atoms with Crippen LogP contribution in [0, 0.1) is 0 Å². The Bertz CT molecular complexity index is 627. The molecule has 0 bridgehead atoms. The molecule has 1 heterocycles. The molecule has 0 fully saturated rings. The number of benzene rings is 1. The molecule has 0 saturated carbocycles. The van der Waals surface area contributed by atoms with Crippen LogP contribution in [0.25, 0.3) is 5.69 Å². The van der Waals surface area contributed by atoms with Crippen molar-refractivity contribution >= 4 is 6.03 Å². The topological polar surface area (TPSA) is 79.2 Å². The Morgan fingerprint density at radius 2 is 2.09 bits per heavy atom. The number of amides is 2. The molecule has 0 aliphatic heterocycles. The lowest BCUT2D eigenvalue weighted by molar-refractivity contribution is 0.163. The van der Waals surface area contributed by atoms with Crippen LogP contribution in [0.1, 0.15) is 32.3 Å². The molecule has 2 rings (SSSR count). The van der Waals surface area contributed by atoms with Crippen LogP contribution in [0.3, 0.4) is 0 Å². The quantitative estimate of drug-likeness (QED) is 0.733. The number of rotatable bonds is 7. The van der Waals surface area contributed by atoms with Crippen LogP contribution in [0.15, 0.2) is 42.7 Å². The van der Waals surface area contributed by atoms with Crippen molar-refractivity contribution in [3.63, 3.8) is 0 Å². The van der Waals surface area contributed by atoms with Gasteiger partial charge in [-0.3, -0.25) is 0 Å². The molecular weight excluding hydrogens is 292 g/mol. The van der Waals surface area contributed by atoms with Gasteiger partial charge in [-0.2, -0.15) is 5.10 Å². The number of hydrogen-bond donors (Lipinski definition) is 3. The molecule has 23 heavy (non-hydrogen) atoms. The van der Waals surface area contributed by atoms with E-state index in [2.05, 4.69) is 15.7 Å². The molecule has 0 spiro atoms. The highest BCUT2D eigenvalue weighted by atomic mass is 16.3. The molecule has 6 heteroatoms. The van der Waals surface area contributed by atoms with E-state index in [9.17, 15) is 9.90 Å². The predicted octanol–water partition coefficient (Wildman–Crippen LogP) is 2.22. The summed E-state index contributed by atoms with van der Waals surface area (Å²) in [6.07, 6.45) is 5.22. The standard InChI is InChI=1S/C17H24N4O2/c1-3-9-17(2,13-22)20-16(23)18-10-14-11-19-21(12-14)15-7-5-4-6-8-15/h4-8,11-12,22H,3,9-10,13H2,1-2H3,(H2,18,20,23). The molecule has 3 N–H and O–H groups in total. The van der Waals surface area contributed by atoms with E-state index < -0.39 is 5.54 Å². The van der Waals surface area contributed by atoms with E-state index in [0.29, 0.717) is 6.54 Å². The summed E-state index contributed by atoms with van der Waals surface area (Å²) < 4.78 is 1.77. The first-order valence-corrected chi connectivity index (χ1v) is 7.82. The zero-order chi connectivity index (χ0) is 16.7. The van der Waals surface area contributed by atoms with Crippen molar-refractivity contribution in [1.82, 2.24) is 20.4 Å². The number of aliphatic hydroxyl groups excluding tert-OH is 1. The molecule has 2 aromatic rings. The third kappa shape index (κ3) is 4.82. The molecule has 2 amide bonds. The summed E-state index contributed by atoms with van der Waals surface area (Å²) in [5, 5.41) is 19.3. The maximum absolute atomic E-state index is 12.0. The first kappa shape index (κ1) is 17.0. The van der Waals surface area contributed by atoms with E-state index in [1.165, 1.54) is 0 Å². The van der Waals surface area contributed by atoms with Gasteiger partial charge in [0.25, 0.3) is 0 Å². The number of nitrogens with one attached hydrogen (secondary N) is 2. The van der Waals surface area contributed by atoms with E-state index in [-0.39, 0.29) is 12.6 Å². The first-order chi connectivity index (χ1) is 11.1. The molecule has 1 aromatic carbocycles. The molecule has 124 valence electrons. The van der Waals surface area contributed by atoms with Crippen molar-refractivity contribution < 1.29 is 9.90 Å². The van der Waals surface area contributed by atoms with Crippen molar-refractivity contribution in [2.45, 2.75) is 38.8 Å². The number of carbonyl (C=O) groups excluding carboxylic acids is 1. The Labute approximate surface area is 136 Å². The van der Waals surface area contributed by atoms with Gasteiger partial charge in [-0.1, -0.05) is 31.5 Å². The maximum atomic E-state index is 12.0. The van der Waals surface area contributed by atoms with Crippen molar-refractivity contribution in [1.29, 1.82) is 0 Å². The highest BCUT2D eigenvalue weighted by Gasteiger charge is 2.24. The van der Waals surface area contributed by atoms with E-state index in [0.717, 1.165) is 24.1 Å². The summed E-state index contributed by atoms with van der Waals surface area (Å²) in [4.78, 5) is 12.0. The normalized spacial score (nSPS) is 13.3. The zero-order valence-corrected chi connectivity index (χ0v) is 13.6. The molecule has 1 unspecified atom stereocenters. The van der Waals surface area contributed by atoms with Crippen LogP contribution in [0.2, 0.25) is 0 Å². The van der Waals surface area contributed by atoms with Crippen LogP contribution < -0.4 is 10.6 Å². The fourth-order valence-electron chi connectivity index (χ4n) is 2.41. The lowest BCUT2D eigenvalue weighted by Crippen LogP contribution is -2.52. The Morgan fingerprint density at radius 3 is 2.74 bits per heavy atom. The second kappa shape index (κ2) is 7.78. The molecule has 1 atom stereocenters. The molecule has 0 aliphatic rings. The number of para-hydroxylation sites is 1. The Balaban J connectivity index is 1.89. The number of urea groups is 1. The van der Waals surface area contributed by atoms with Crippen LogP contribution in [-0.4, -0.2) is 33.1 Å². The molecule has 6 nitrogen and oxygen atoms in total. The van der Waals surface area contributed by atoms with Crippen molar-refractivity contribution in [2.24, 2.45) is 0 Å². The van der Waals surface area contributed by atoms with Gasteiger partial charge in [0.15, 0.2) is 0 Å². The number of aliphatic hydroxyl groups is 1. The Morgan fingerprint density at radius 1 is 1.35 bits per heavy atom. The van der Waals surface area contributed by atoms with Crippen LogP contribution in [0.5, 0.6) is 0 Å². The maximum Gasteiger partial charge on any atom is 0.315 e. The minimum Gasteiger partial charge on any atom is -0.394 e. The fourth-order valence-corrected chi connectivity index (χ4v) is 2.41.